The molecule has 1 aromatic carbocycles. The van der Waals surface area contributed by atoms with E-state index in [1.54, 1.807) is 11.3 Å². The summed E-state index contributed by atoms with van der Waals surface area (Å²) in [4.78, 5) is 5.64. The zero-order valence-corrected chi connectivity index (χ0v) is 9.42. The van der Waals surface area contributed by atoms with Crippen molar-refractivity contribution in [2.24, 2.45) is 0 Å². The van der Waals surface area contributed by atoms with Crippen molar-refractivity contribution in [1.29, 1.82) is 0 Å². The standard InChI is InChI=1S/C12H13NOS/c1-9-12(10-5-3-2-4-6-10)15-11(13-9)7-8-14/h2-6,14H,7-8H2,1H3. The van der Waals surface area contributed by atoms with Gasteiger partial charge in [-0.05, 0) is 12.5 Å². The fourth-order valence-electron chi connectivity index (χ4n) is 1.51. The molecule has 0 radical (unpaired) electrons. The molecule has 0 unspecified atom stereocenters. The maximum absolute atomic E-state index is 8.86. The lowest BCUT2D eigenvalue weighted by Crippen LogP contribution is -1.88. The summed E-state index contributed by atoms with van der Waals surface area (Å²) in [7, 11) is 0. The van der Waals surface area contributed by atoms with Gasteiger partial charge in [-0.15, -0.1) is 11.3 Å². The smallest absolute Gasteiger partial charge is 0.0957 e. The van der Waals surface area contributed by atoms with Crippen LogP contribution in [0.1, 0.15) is 10.7 Å². The van der Waals surface area contributed by atoms with E-state index in [-0.39, 0.29) is 6.61 Å². The summed E-state index contributed by atoms with van der Waals surface area (Å²) < 4.78 is 0. The zero-order chi connectivity index (χ0) is 10.7. The third kappa shape index (κ3) is 2.25. The molecule has 2 nitrogen and oxygen atoms in total. The highest BCUT2D eigenvalue weighted by Gasteiger charge is 2.08. The van der Waals surface area contributed by atoms with Crippen molar-refractivity contribution in [3.05, 3.63) is 41.0 Å². The van der Waals surface area contributed by atoms with Crippen LogP contribution in [0, 0.1) is 6.92 Å². The minimum absolute atomic E-state index is 0.168. The molecule has 0 amide bonds. The molecule has 0 aliphatic heterocycles. The van der Waals surface area contributed by atoms with E-state index < -0.39 is 0 Å². The summed E-state index contributed by atoms with van der Waals surface area (Å²) in [5.41, 5.74) is 2.26. The van der Waals surface area contributed by atoms with Gasteiger partial charge in [-0.2, -0.15) is 0 Å². The van der Waals surface area contributed by atoms with Crippen LogP contribution in [0.5, 0.6) is 0 Å². The first-order chi connectivity index (χ1) is 7.31. The molecule has 15 heavy (non-hydrogen) atoms. The number of hydrogen-bond acceptors (Lipinski definition) is 3. The van der Waals surface area contributed by atoms with Crippen LogP contribution in [0.3, 0.4) is 0 Å². The Kier molecular flexibility index (Phi) is 3.14. The Morgan fingerprint density at radius 1 is 1.27 bits per heavy atom. The minimum atomic E-state index is 0.168. The van der Waals surface area contributed by atoms with E-state index in [9.17, 15) is 0 Å². The molecule has 78 valence electrons. The highest BCUT2D eigenvalue weighted by molar-refractivity contribution is 7.15. The molecular formula is C12H13NOS. The van der Waals surface area contributed by atoms with E-state index in [0.717, 1.165) is 10.7 Å². The SMILES string of the molecule is Cc1nc(CCO)sc1-c1ccccc1. The predicted octanol–water partition coefficient (Wildman–Crippen LogP) is 2.65. The maximum atomic E-state index is 8.86. The first-order valence-corrected chi connectivity index (χ1v) is 5.75. The Hall–Kier alpha value is -1.19. The first kappa shape index (κ1) is 10.3. The number of aromatic nitrogens is 1. The van der Waals surface area contributed by atoms with Crippen LogP contribution < -0.4 is 0 Å². The fraction of sp³-hybridized carbons (Fsp3) is 0.250. The van der Waals surface area contributed by atoms with Crippen molar-refractivity contribution >= 4 is 11.3 Å². The van der Waals surface area contributed by atoms with Crippen molar-refractivity contribution in [3.63, 3.8) is 0 Å². The first-order valence-electron chi connectivity index (χ1n) is 4.94. The monoisotopic (exact) mass is 219 g/mol. The summed E-state index contributed by atoms with van der Waals surface area (Å²) in [6, 6.07) is 10.2. The molecule has 1 aromatic heterocycles. The average Bonchev–Trinajstić information content (AvgIpc) is 2.61. The van der Waals surface area contributed by atoms with Crippen LogP contribution in [0.2, 0.25) is 0 Å². The Balaban J connectivity index is 2.36. The minimum Gasteiger partial charge on any atom is -0.396 e. The summed E-state index contributed by atoms with van der Waals surface area (Å²) in [5, 5.41) is 9.87. The molecule has 0 aliphatic carbocycles. The number of hydrogen-bond donors (Lipinski definition) is 1. The van der Waals surface area contributed by atoms with Crippen molar-refractivity contribution < 1.29 is 5.11 Å². The maximum Gasteiger partial charge on any atom is 0.0957 e. The van der Waals surface area contributed by atoms with E-state index in [0.29, 0.717) is 6.42 Å². The van der Waals surface area contributed by atoms with Gasteiger partial charge in [0, 0.05) is 13.0 Å². The number of nitrogens with zero attached hydrogens (tertiary/aromatic N) is 1. The van der Waals surface area contributed by atoms with E-state index in [2.05, 4.69) is 17.1 Å². The van der Waals surface area contributed by atoms with Crippen molar-refractivity contribution in [2.45, 2.75) is 13.3 Å². The third-order valence-electron chi connectivity index (χ3n) is 2.20. The molecule has 3 heteroatoms. The molecule has 0 saturated carbocycles. The summed E-state index contributed by atoms with van der Waals surface area (Å²) in [5.74, 6) is 0. The zero-order valence-electron chi connectivity index (χ0n) is 8.60. The molecule has 0 saturated heterocycles. The molecule has 1 heterocycles. The van der Waals surface area contributed by atoms with Crippen LogP contribution in [0.15, 0.2) is 30.3 Å². The van der Waals surface area contributed by atoms with Gasteiger partial charge in [-0.25, -0.2) is 4.98 Å². The van der Waals surface area contributed by atoms with Gasteiger partial charge in [0.05, 0.1) is 15.6 Å². The number of aliphatic hydroxyl groups excluding tert-OH is 1. The van der Waals surface area contributed by atoms with Crippen LogP contribution in [0.4, 0.5) is 0 Å². The highest BCUT2D eigenvalue weighted by atomic mass is 32.1. The predicted molar refractivity (Wildman–Crippen MR) is 63.1 cm³/mol. The van der Waals surface area contributed by atoms with E-state index in [1.165, 1.54) is 10.4 Å². The second-order valence-corrected chi connectivity index (χ2v) is 4.45. The van der Waals surface area contributed by atoms with Crippen molar-refractivity contribution in [1.82, 2.24) is 4.98 Å². The van der Waals surface area contributed by atoms with Crippen LogP contribution in [0.25, 0.3) is 10.4 Å². The Morgan fingerprint density at radius 3 is 2.67 bits per heavy atom. The number of thiazole rings is 1. The van der Waals surface area contributed by atoms with Crippen LogP contribution in [-0.2, 0) is 6.42 Å². The molecule has 0 aliphatic rings. The van der Waals surface area contributed by atoms with Gasteiger partial charge in [0.25, 0.3) is 0 Å². The molecule has 0 bridgehead atoms. The Bertz CT molecular complexity index is 436. The Labute approximate surface area is 93.2 Å². The summed E-state index contributed by atoms with van der Waals surface area (Å²) >= 11 is 1.67. The van der Waals surface area contributed by atoms with Gasteiger partial charge < -0.3 is 5.11 Å². The normalized spacial score (nSPS) is 10.5. The van der Waals surface area contributed by atoms with E-state index in [1.807, 2.05) is 25.1 Å². The molecule has 0 atom stereocenters. The Morgan fingerprint density at radius 2 is 2.00 bits per heavy atom. The average molecular weight is 219 g/mol. The molecule has 2 rings (SSSR count). The molecule has 1 N–H and O–H groups in total. The van der Waals surface area contributed by atoms with E-state index >= 15 is 0 Å². The topological polar surface area (TPSA) is 33.1 Å². The van der Waals surface area contributed by atoms with Gasteiger partial charge in [-0.3, -0.25) is 0 Å². The van der Waals surface area contributed by atoms with Crippen molar-refractivity contribution in [3.8, 4) is 10.4 Å². The lowest BCUT2D eigenvalue weighted by Gasteiger charge is -1.96. The lowest BCUT2D eigenvalue weighted by molar-refractivity contribution is 0.299. The second kappa shape index (κ2) is 4.55. The van der Waals surface area contributed by atoms with Crippen molar-refractivity contribution in [2.75, 3.05) is 6.61 Å². The fourth-order valence-corrected chi connectivity index (χ4v) is 2.57. The van der Waals surface area contributed by atoms with Crippen LogP contribution in [-0.4, -0.2) is 16.7 Å². The molecular weight excluding hydrogens is 206 g/mol. The quantitative estimate of drug-likeness (QED) is 0.861. The number of benzene rings is 1. The molecule has 2 aromatic rings. The largest absolute Gasteiger partial charge is 0.396 e. The number of rotatable bonds is 3. The van der Waals surface area contributed by atoms with Gasteiger partial charge >= 0.3 is 0 Å². The van der Waals surface area contributed by atoms with Gasteiger partial charge in [-0.1, -0.05) is 30.3 Å². The number of aliphatic hydroxyl groups is 1. The lowest BCUT2D eigenvalue weighted by atomic mass is 10.2. The van der Waals surface area contributed by atoms with Crippen LogP contribution >= 0.6 is 11.3 Å². The second-order valence-electron chi connectivity index (χ2n) is 3.36. The third-order valence-corrected chi connectivity index (χ3v) is 3.47. The van der Waals surface area contributed by atoms with Gasteiger partial charge in [0.2, 0.25) is 0 Å². The number of aryl methyl sites for hydroxylation is 1. The molecule has 0 spiro atoms. The van der Waals surface area contributed by atoms with E-state index in [4.69, 9.17) is 5.11 Å². The summed E-state index contributed by atoms with van der Waals surface area (Å²) in [6.07, 6.45) is 0.651. The van der Waals surface area contributed by atoms with Gasteiger partial charge in [0.1, 0.15) is 0 Å². The molecule has 0 fully saturated rings. The van der Waals surface area contributed by atoms with Gasteiger partial charge in [0.15, 0.2) is 0 Å². The highest BCUT2D eigenvalue weighted by Crippen LogP contribution is 2.29. The summed E-state index contributed by atoms with van der Waals surface area (Å²) in [6.45, 7) is 2.18.